The molecule has 0 saturated carbocycles. The molecule has 0 aliphatic carbocycles. The Morgan fingerprint density at radius 2 is 2.14 bits per heavy atom. The predicted molar refractivity (Wildman–Crippen MR) is 78.7 cm³/mol. The van der Waals surface area contributed by atoms with Crippen LogP contribution in [0.5, 0.6) is 0 Å². The molecule has 0 aliphatic heterocycles. The summed E-state index contributed by atoms with van der Waals surface area (Å²) in [7, 11) is 1.51. The van der Waals surface area contributed by atoms with Gasteiger partial charge in [0.15, 0.2) is 0 Å². The number of fused-ring (bicyclic) bond motifs is 1. The molecule has 0 saturated heterocycles. The second-order valence-corrected chi connectivity index (χ2v) is 4.54. The second-order valence-electron chi connectivity index (χ2n) is 4.54. The first-order chi connectivity index (χ1) is 10.1. The molecule has 0 spiro atoms. The van der Waals surface area contributed by atoms with Gasteiger partial charge in [-0.1, -0.05) is 25.5 Å². The van der Waals surface area contributed by atoms with Gasteiger partial charge in [0.2, 0.25) is 0 Å². The summed E-state index contributed by atoms with van der Waals surface area (Å²) >= 11 is 0. The summed E-state index contributed by atoms with van der Waals surface area (Å²) in [6.45, 7) is 2.50. The van der Waals surface area contributed by atoms with Gasteiger partial charge < -0.3 is 10.1 Å². The number of carbonyl (C=O) groups is 2. The van der Waals surface area contributed by atoms with E-state index in [1.807, 2.05) is 31.2 Å². The molecule has 2 rings (SSSR count). The largest absolute Gasteiger partial charge is 0.437 e. The van der Waals surface area contributed by atoms with Crippen LogP contribution in [0.1, 0.15) is 19.8 Å². The number of unbranched alkanes of at least 4 members (excludes halogenated alkanes) is 1. The topological polar surface area (TPSA) is 76.5 Å². The van der Waals surface area contributed by atoms with E-state index in [0.29, 0.717) is 6.54 Å². The molecule has 1 heterocycles. The van der Waals surface area contributed by atoms with E-state index in [-0.39, 0.29) is 0 Å². The van der Waals surface area contributed by atoms with Crippen LogP contribution >= 0.6 is 0 Å². The summed E-state index contributed by atoms with van der Waals surface area (Å²) in [4.78, 5) is 27.6. The Morgan fingerprint density at radius 3 is 2.90 bits per heavy atom. The van der Waals surface area contributed by atoms with Crippen molar-refractivity contribution in [3.05, 3.63) is 30.6 Å². The molecule has 0 radical (unpaired) electrons. The molecule has 7 nitrogen and oxygen atoms in total. The van der Waals surface area contributed by atoms with Crippen LogP contribution in [0.4, 0.5) is 9.59 Å². The number of hydrogen-bond acceptors (Lipinski definition) is 4. The zero-order chi connectivity index (χ0) is 15.2. The molecule has 0 unspecified atom stereocenters. The highest BCUT2D eigenvalue weighted by atomic mass is 16.6. The van der Waals surface area contributed by atoms with E-state index in [4.69, 9.17) is 4.74 Å². The first-order valence-corrected chi connectivity index (χ1v) is 6.79. The summed E-state index contributed by atoms with van der Waals surface area (Å²) in [6, 6.07) is 7.37. The van der Waals surface area contributed by atoms with Gasteiger partial charge in [-0.25, -0.2) is 24.3 Å². The number of aromatic nitrogens is 2. The molecule has 21 heavy (non-hydrogen) atoms. The van der Waals surface area contributed by atoms with Crippen molar-refractivity contribution in [2.45, 2.75) is 19.8 Å². The third-order valence-corrected chi connectivity index (χ3v) is 3.00. The molecule has 1 aromatic heterocycles. The molecule has 0 atom stereocenters. The monoisotopic (exact) mass is 290 g/mol. The van der Waals surface area contributed by atoms with Gasteiger partial charge in [0.25, 0.3) is 0 Å². The maximum Gasteiger partial charge on any atom is 0.437 e. The number of para-hydroxylation sites is 2. The zero-order valence-electron chi connectivity index (χ0n) is 12.1. The number of rotatable bonds is 4. The number of hydrogen-bond donors (Lipinski definition) is 1. The summed E-state index contributed by atoms with van der Waals surface area (Å²) < 4.78 is 6.24. The van der Waals surface area contributed by atoms with Crippen LogP contribution < -0.4 is 10.3 Å². The highest BCUT2D eigenvalue weighted by Gasteiger charge is 2.17. The summed E-state index contributed by atoms with van der Waals surface area (Å²) in [5, 5.41) is 3.71. The molecular weight excluding hydrogens is 272 g/mol. The first-order valence-electron chi connectivity index (χ1n) is 6.79. The third kappa shape index (κ3) is 3.50. The van der Waals surface area contributed by atoms with Crippen LogP contribution in [-0.4, -0.2) is 35.4 Å². The van der Waals surface area contributed by atoms with Gasteiger partial charge in [0, 0.05) is 13.6 Å². The Balaban J connectivity index is 2.01. The molecule has 1 N–H and O–H groups in total. The Labute approximate surface area is 122 Å². The Hall–Kier alpha value is -2.57. The first kappa shape index (κ1) is 14.8. The maximum absolute atomic E-state index is 11.9. The van der Waals surface area contributed by atoms with E-state index in [9.17, 15) is 9.59 Å². The van der Waals surface area contributed by atoms with Crippen LogP contribution in [0.2, 0.25) is 0 Å². The average molecular weight is 290 g/mol. The standard InChI is InChI=1S/C14H18N4O3/c1-3-4-9-15-13(19)21-14(20)17(2)18-10-16-11-7-5-6-8-12(11)18/h5-8,10H,3-4,9H2,1-2H3,(H,15,19). The molecule has 1 aromatic carbocycles. The summed E-state index contributed by atoms with van der Waals surface area (Å²) in [5.74, 6) is 0. The number of amides is 2. The highest BCUT2D eigenvalue weighted by Crippen LogP contribution is 2.12. The number of carbonyl (C=O) groups excluding carboxylic acids is 2. The maximum atomic E-state index is 11.9. The minimum atomic E-state index is -0.771. The van der Waals surface area contributed by atoms with E-state index in [2.05, 4.69) is 10.3 Å². The Kier molecular flexibility index (Phi) is 4.76. The second kappa shape index (κ2) is 6.74. The third-order valence-electron chi connectivity index (χ3n) is 3.00. The molecule has 112 valence electrons. The highest BCUT2D eigenvalue weighted by molar-refractivity contribution is 5.90. The number of nitrogens with zero attached hydrogens (tertiary/aromatic N) is 3. The van der Waals surface area contributed by atoms with Crippen LogP contribution in [0.15, 0.2) is 30.6 Å². The Morgan fingerprint density at radius 1 is 1.38 bits per heavy atom. The number of ether oxygens (including phenoxy) is 1. The van der Waals surface area contributed by atoms with E-state index >= 15 is 0 Å². The van der Waals surface area contributed by atoms with Crippen molar-refractivity contribution >= 4 is 23.2 Å². The SMILES string of the molecule is CCCCNC(=O)OC(=O)N(C)n1cnc2ccccc21. The van der Waals surface area contributed by atoms with Gasteiger partial charge >= 0.3 is 12.2 Å². The van der Waals surface area contributed by atoms with Crippen molar-refractivity contribution < 1.29 is 14.3 Å². The minimum Gasteiger partial charge on any atom is -0.358 e. The molecule has 0 bridgehead atoms. The van der Waals surface area contributed by atoms with Gasteiger partial charge in [-0.3, -0.25) is 0 Å². The normalized spacial score (nSPS) is 10.4. The molecule has 7 heteroatoms. The quantitative estimate of drug-likeness (QED) is 0.692. The fraction of sp³-hybridized carbons (Fsp3) is 0.357. The smallest absolute Gasteiger partial charge is 0.358 e. The fourth-order valence-corrected chi connectivity index (χ4v) is 1.82. The minimum absolute atomic E-state index is 0.486. The molecule has 0 aliphatic rings. The Bertz CT molecular complexity index is 638. The van der Waals surface area contributed by atoms with Crippen LogP contribution in [0, 0.1) is 0 Å². The van der Waals surface area contributed by atoms with Crippen molar-refractivity contribution in [3.63, 3.8) is 0 Å². The summed E-state index contributed by atoms with van der Waals surface area (Å²) in [6.07, 6.45) is 1.78. The van der Waals surface area contributed by atoms with Crippen molar-refractivity contribution in [1.29, 1.82) is 0 Å². The fourth-order valence-electron chi connectivity index (χ4n) is 1.82. The number of benzene rings is 1. The predicted octanol–water partition coefficient (Wildman–Crippen LogP) is 2.25. The zero-order valence-corrected chi connectivity index (χ0v) is 12.1. The van der Waals surface area contributed by atoms with Crippen LogP contribution in [0.3, 0.4) is 0 Å². The van der Waals surface area contributed by atoms with E-state index in [0.717, 1.165) is 23.9 Å². The van der Waals surface area contributed by atoms with Gasteiger partial charge in [0.05, 0.1) is 11.0 Å². The van der Waals surface area contributed by atoms with Crippen molar-refractivity contribution in [3.8, 4) is 0 Å². The van der Waals surface area contributed by atoms with E-state index in [1.165, 1.54) is 23.1 Å². The van der Waals surface area contributed by atoms with Crippen LogP contribution in [-0.2, 0) is 4.74 Å². The van der Waals surface area contributed by atoms with Gasteiger partial charge in [0.1, 0.15) is 6.33 Å². The molecule has 2 aromatic rings. The van der Waals surface area contributed by atoms with E-state index in [1.54, 1.807) is 0 Å². The molecule has 0 fully saturated rings. The van der Waals surface area contributed by atoms with Gasteiger partial charge in [-0.05, 0) is 18.6 Å². The van der Waals surface area contributed by atoms with Crippen molar-refractivity contribution in [1.82, 2.24) is 15.0 Å². The average Bonchev–Trinajstić information content (AvgIpc) is 2.90. The number of nitrogens with one attached hydrogen (secondary N) is 1. The lowest BCUT2D eigenvalue weighted by molar-refractivity contribution is 0.152. The van der Waals surface area contributed by atoms with Crippen LogP contribution in [0.25, 0.3) is 11.0 Å². The summed E-state index contributed by atoms with van der Waals surface area (Å²) in [5.41, 5.74) is 1.51. The van der Waals surface area contributed by atoms with E-state index < -0.39 is 12.2 Å². The lowest BCUT2D eigenvalue weighted by Gasteiger charge is -2.17. The molecule has 2 amide bonds. The van der Waals surface area contributed by atoms with Gasteiger partial charge in [-0.2, -0.15) is 0 Å². The van der Waals surface area contributed by atoms with Crippen molar-refractivity contribution in [2.24, 2.45) is 0 Å². The van der Waals surface area contributed by atoms with Crippen molar-refractivity contribution in [2.75, 3.05) is 18.6 Å². The molecular formula is C14H18N4O3. The lowest BCUT2D eigenvalue weighted by Crippen LogP contribution is -2.40. The lowest BCUT2D eigenvalue weighted by atomic mass is 10.3. The van der Waals surface area contributed by atoms with Gasteiger partial charge in [-0.15, -0.1) is 0 Å². The number of alkyl carbamates (subject to hydrolysis) is 1. The number of imidazole rings is 1.